The second-order valence-electron chi connectivity index (χ2n) is 9.47. The number of carboxylic acids is 1. The van der Waals surface area contributed by atoms with Gasteiger partial charge in [0.1, 0.15) is 6.10 Å². The van der Waals surface area contributed by atoms with Gasteiger partial charge in [0.15, 0.2) is 0 Å². The first-order valence-electron chi connectivity index (χ1n) is 12.8. The van der Waals surface area contributed by atoms with E-state index in [1.807, 2.05) is 36.4 Å². The number of hydrogen-bond acceptors (Lipinski definition) is 5. The third kappa shape index (κ3) is 7.01. The monoisotopic (exact) mass is 479 g/mol. The second kappa shape index (κ2) is 13.0. The van der Waals surface area contributed by atoms with Crippen LogP contribution in [0.4, 0.5) is 0 Å². The first-order valence-corrected chi connectivity index (χ1v) is 12.8. The first-order chi connectivity index (χ1) is 17.1. The topological polar surface area (TPSA) is 79.2 Å². The van der Waals surface area contributed by atoms with Gasteiger partial charge >= 0.3 is 5.97 Å². The maximum atomic E-state index is 11.2. The molecule has 188 valence electrons. The van der Waals surface area contributed by atoms with E-state index in [4.69, 9.17) is 14.6 Å². The highest BCUT2D eigenvalue weighted by Gasteiger charge is 2.46. The van der Waals surface area contributed by atoms with Crippen LogP contribution in [0.25, 0.3) is 0 Å². The van der Waals surface area contributed by atoms with Gasteiger partial charge in [-0.05, 0) is 30.4 Å². The molecule has 2 N–H and O–H groups in total. The number of rotatable bonds is 11. The summed E-state index contributed by atoms with van der Waals surface area (Å²) in [5.74, 6) is -0.625. The minimum Gasteiger partial charge on any atom is -0.481 e. The highest BCUT2D eigenvalue weighted by atomic mass is 16.5. The number of morpholine rings is 1. The van der Waals surface area contributed by atoms with Crippen LogP contribution in [-0.2, 0) is 14.3 Å². The number of aliphatic carboxylic acids is 1. The summed E-state index contributed by atoms with van der Waals surface area (Å²) < 4.78 is 12.4. The molecule has 1 aliphatic heterocycles. The summed E-state index contributed by atoms with van der Waals surface area (Å²) in [7, 11) is 0. The van der Waals surface area contributed by atoms with Crippen molar-refractivity contribution >= 4 is 5.97 Å². The SMILES string of the molecule is O=C(O)CCC/C=C\C[C@@H]1[C@@H](N2CCOCC2)[C@H](O)C[C@@H]1OC(c1ccccc1)c1ccccc1. The molecule has 0 unspecified atom stereocenters. The quantitative estimate of drug-likeness (QED) is 0.366. The zero-order valence-corrected chi connectivity index (χ0v) is 20.2. The number of nitrogens with zero attached hydrogens (tertiary/aromatic N) is 1. The molecule has 2 aliphatic rings. The summed E-state index contributed by atoms with van der Waals surface area (Å²) >= 11 is 0. The van der Waals surface area contributed by atoms with E-state index >= 15 is 0 Å². The lowest BCUT2D eigenvalue weighted by Crippen LogP contribution is -2.50. The minimum absolute atomic E-state index is 0.0137. The average Bonchev–Trinajstić information content (AvgIpc) is 3.20. The van der Waals surface area contributed by atoms with Crippen molar-refractivity contribution in [2.75, 3.05) is 26.3 Å². The van der Waals surface area contributed by atoms with Crippen molar-refractivity contribution < 1.29 is 24.5 Å². The number of unbranched alkanes of at least 4 members (excludes halogenated alkanes) is 1. The Kier molecular flexibility index (Phi) is 9.49. The molecule has 0 bridgehead atoms. The zero-order chi connectivity index (χ0) is 24.5. The summed E-state index contributed by atoms with van der Waals surface area (Å²) in [4.78, 5) is 13.2. The van der Waals surface area contributed by atoms with Crippen molar-refractivity contribution in [2.45, 2.75) is 56.5 Å². The number of benzene rings is 2. The van der Waals surface area contributed by atoms with Crippen LogP contribution in [0.2, 0.25) is 0 Å². The van der Waals surface area contributed by atoms with Crippen LogP contribution >= 0.6 is 0 Å². The predicted molar refractivity (Wildman–Crippen MR) is 135 cm³/mol. The molecule has 4 rings (SSSR count). The maximum Gasteiger partial charge on any atom is 0.303 e. The molecule has 0 amide bonds. The summed E-state index contributed by atoms with van der Waals surface area (Å²) in [6, 6.07) is 20.6. The van der Waals surface area contributed by atoms with Gasteiger partial charge in [-0.2, -0.15) is 0 Å². The standard InChI is InChI=1S/C29H37NO5/c31-25-21-26(35-29(22-11-5-3-6-12-22)23-13-7-4-8-14-23)24(15-9-1-2-10-16-27(32)33)28(25)30-17-19-34-20-18-30/h1,3-9,11-14,24-26,28-29,31H,2,10,15-21H2,(H,32,33)/b9-1-/t24-,25+,26-,28+/m0/s1. The third-order valence-corrected chi connectivity index (χ3v) is 7.10. The van der Waals surface area contributed by atoms with Gasteiger partial charge in [-0.15, -0.1) is 0 Å². The lowest BCUT2D eigenvalue weighted by Gasteiger charge is -2.38. The second-order valence-corrected chi connectivity index (χ2v) is 9.47. The molecule has 2 fully saturated rings. The third-order valence-electron chi connectivity index (χ3n) is 7.10. The molecule has 1 heterocycles. The number of hydrogen-bond donors (Lipinski definition) is 2. The van der Waals surface area contributed by atoms with Gasteiger partial charge in [0.05, 0.1) is 25.4 Å². The number of carboxylic acid groups (broad SMARTS) is 1. The lowest BCUT2D eigenvalue weighted by molar-refractivity contribution is -0.137. The Labute approximate surface area is 208 Å². The zero-order valence-electron chi connectivity index (χ0n) is 20.2. The van der Waals surface area contributed by atoms with Gasteiger partial charge in [-0.25, -0.2) is 0 Å². The number of carbonyl (C=O) groups is 1. The van der Waals surface area contributed by atoms with Gasteiger partial charge in [-0.3, -0.25) is 9.69 Å². The highest BCUT2D eigenvalue weighted by Crippen LogP contribution is 2.40. The van der Waals surface area contributed by atoms with Crippen LogP contribution in [0, 0.1) is 5.92 Å². The van der Waals surface area contributed by atoms with E-state index in [2.05, 4.69) is 41.3 Å². The van der Waals surface area contributed by atoms with E-state index in [0.29, 0.717) is 26.1 Å². The highest BCUT2D eigenvalue weighted by molar-refractivity contribution is 5.66. The number of ether oxygens (including phenoxy) is 2. The number of aliphatic hydroxyl groups is 1. The minimum atomic E-state index is -0.758. The molecule has 0 aromatic heterocycles. The van der Waals surface area contributed by atoms with Gasteiger partial charge in [0.2, 0.25) is 0 Å². The van der Waals surface area contributed by atoms with Crippen LogP contribution in [0.15, 0.2) is 72.8 Å². The molecule has 0 radical (unpaired) electrons. The molecule has 1 saturated carbocycles. The molecular formula is C29H37NO5. The first kappa shape index (κ1) is 25.6. The molecule has 1 aliphatic carbocycles. The molecule has 4 atom stereocenters. The molecule has 35 heavy (non-hydrogen) atoms. The van der Waals surface area contributed by atoms with E-state index in [1.165, 1.54) is 0 Å². The summed E-state index contributed by atoms with van der Waals surface area (Å²) in [5.41, 5.74) is 2.21. The van der Waals surface area contributed by atoms with Crippen molar-refractivity contribution in [3.63, 3.8) is 0 Å². The van der Waals surface area contributed by atoms with E-state index in [-0.39, 0.29) is 30.6 Å². The van der Waals surface area contributed by atoms with Gasteiger partial charge in [0.25, 0.3) is 0 Å². The lowest BCUT2D eigenvalue weighted by atomic mass is 9.94. The normalized spacial score (nSPS) is 25.4. The largest absolute Gasteiger partial charge is 0.481 e. The van der Waals surface area contributed by atoms with Crippen LogP contribution in [0.1, 0.15) is 49.3 Å². The Balaban J connectivity index is 1.54. The van der Waals surface area contributed by atoms with Crippen molar-refractivity contribution in [1.29, 1.82) is 0 Å². The van der Waals surface area contributed by atoms with Crippen molar-refractivity contribution in [1.82, 2.24) is 4.90 Å². The average molecular weight is 480 g/mol. The molecule has 1 saturated heterocycles. The fraction of sp³-hybridized carbons (Fsp3) is 0.483. The Morgan fingerprint density at radius 3 is 2.26 bits per heavy atom. The number of allylic oxidation sites excluding steroid dienone is 2. The fourth-order valence-corrected chi connectivity index (χ4v) is 5.42. The van der Waals surface area contributed by atoms with E-state index in [9.17, 15) is 9.90 Å². The van der Waals surface area contributed by atoms with Crippen LogP contribution in [0.3, 0.4) is 0 Å². The number of aliphatic hydroxyl groups excluding tert-OH is 1. The van der Waals surface area contributed by atoms with Crippen LogP contribution < -0.4 is 0 Å². The van der Waals surface area contributed by atoms with Crippen LogP contribution in [0.5, 0.6) is 0 Å². The van der Waals surface area contributed by atoms with Crippen molar-refractivity contribution in [3.8, 4) is 0 Å². The molecule has 6 heteroatoms. The fourth-order valence-electron chi connectivity index (χ4n) is 5.42. The van der Waals surface area contributed by atoms with E-state index in [0.717, 1.165) is 37.1 Å². The predicted octanol–water partition coefficient (Wildman–Crippen LogP) is 4.44. The van der Waals surface area contributed by atoms with Crippen LogP contribution in [-0.4, -0.2) is 65.6 Å². The smallest absolute Gasteiger partial charge is 0.303 e. The van der Waals surface area contributed by atoms with E-state index in [1.54, 1.807) is 0 Å². The summed E-state index contributed by atoms with van der Waals surface area (Å²) in [5, 5.41) is 20.1. The molecule has 0 spiro atoms. The Morgan fingerprint density at radius 2 is 1.66 bits per heavy atom. The Morgan fingerprint density at radius 1 is 1.03 bits per heavy atom. The van der Waals surface area contributed by atoms with Gasteiger partial charge in [0, 0.05) is 37.9 Å². The van der Waals surface area contributed by atoms with Crippen molar-refractivity contribution in [3.05, 3.63) is 83.9 Å². The molecular weight excluding hydrogens is 442 g/mol. The maximum absolute atomic E-state index is 11.2. The Bertz CT molecular complexity index is 889. The van der Waals surface area contributed by atoms with Crippen molar-refractivity contribution in [2.24, 2.45) is 5.92 Å². The molecule has 2 aromatic rings. The Hall–Kier alpha value is -2.51. The van der Waals surface area contributed by atoms with E-state index < -0.39 is 12.1 Å². The molecule has 2 aromatic carbocycles. The summed E-state index contributed by atoms with van der Waals surface area (Å²) in [6.07, 6.45) is 6.39. The summed E-state index contributed by atoms with van der Waals surface area (Å²) in [6.45, 7) is 2.99. The van der Waals surface area contributed by atoms with Gasteiger partial charge < -0.3 is 19.7 Å². The molecule has 6 nitrogen and oxygen atoms in total. The van der Waals surface area contributed by atoms with Gasteiger partial charge in [-0.1, -0.05) is 72.8 Å².